The van der Waals surface area contributed by atoms with Gasteiger partial charge < -0.3 is 4.42 Å². The standard InChI is InChI=1S/C18H22N6O2/c1-12-6-13(2)24(20-12)17-4-5-18(25)23(21-17)9-15-7-22(8-15)10-16-14(3)26-11-19-16/h4-6,11,15H,7-10H2,1-3H3. The SMILES string of the molecule is Cc1cc(C)n(-c2ccc(=O)n(CC3CN(Cc4ncoc4C)C3)n2)n1. The molecular weight excluding hydrogens is 332 g/mol. The molecule has 0 radical (unpaired) electrons. The van der Waals surface area contributed by atoms with Crippen molar-refractivity contribution in [2.24, 2.45) is 5.92 Å². The van der Waals surface area contributed by atoms with Crippen LogP contribution in [0.2, 0.25) is 0 Å². The molecule has 0 saturated carbocycles. The molecule has 1 aliphatic rings. The third-order valence-electron chi connectivity index (χ3n) is 4.76. The summed E-state index contributed by atoms with van der Waals surface area (Å²) in [6, 6.07) is 5.28. The summed E-state index contributed by atoms with van der Waals surface area (Å²) in [5.74, 6) is 1.94. The average Bonchev–Trinajstić information content (AvgIpc) is 3.12. The summed E-state index contributed by atoms with van der Waals surface area (Å²) < 4.78 is 8.56. The fourth-order valence-electron chi connectivity index (χ4n) is 3.40. The van der Waals surface area contributed by atoms with E-state index in [1.807, 2.05) is 26.8 Å². The molecule has 0 aromatic carbocycles. The van der Waals surface area contributed by atoms with Crippen LogP contribution < -0.4 is 5.56 Å². The summed E-state index contributed by atoms with van der Waals surface area (Å²) in [6.07, 6.45) is 1.48. The number of rotatable bonds is 5. The van der Waals surface area contributed by atoms with Crippen LogP contribution in [-0.2, 0) is 13.1 Å². The fraction of sp³-hybridized carbons (Fsp3) is 0.444. The minimum absolute atomic E-state index is 0.0823. The van der Waals surface area contributed by atoms with Crippen molar-refractivity contribution in [3.63, 3.8) is 0 Å². The average molecular weight is 354 g/mol. The molecular formula is C18H22N6O2. The zero-order valence-electron chi connectivity index (χ0n) is 15.2. The zero-order chi connectivity index (χ0) is 18.3. The largest absolute Gasteiger partial charge is 0.448 e. The Balaban J connectivity index is 1.43. The molecule has 1 aliphatic heterocycles. The zero-order valence-corrected chi connectivity index (χ0v) is 15.2. The Morgan fingerprint density at radius 3 is 2.65 bits per heavy atom. The number of hydrogen-bond acceptors (Lipinski definition) is 6. The smallest absolute Gasteiger partial charge is 0.266 e. The minimum atomic E-state index is -0.0823. The van der Waals surface area contributed by atoms with Crippen molar-refractivity contribution in [1.29, 1.82) is 0 Å². The van der Waals surface area contributed by atoms with E-state index in [2.05, 4.69) is 20.1 Å². The van der Waals surface area contributed by atoms with Gasteiger partial charge in [-0.15, -0.1) is 5.10 Å². The molecule has 1 saturated heterocycles. The highest BCUT2D eigenvalue weighted by Crippen LogP contribution is 2.20. The summed E-state index contributed by atoms with van der Waals surface area (Å²) in [7, 11) is 0. The van der Waals surface area contributed by atoms with Crippen LogP contribution in [0.25, 0.3) is 5.82 Å². The molecule has 136 valence electrons. The monoisotopic (exact) mass is 354 g/mol. The van der Waals surface area contributed by atoms with Gasteiger partial charge in [0.2, 0.25) is 0 Å². The van der Waals surface area contributed by atoms with E-state index >= 15 is 0 Å². The highest BCUT2D eigenvalue weighted by Gasteiger charge is 2.28. The molecule has 4 rings (SSSR count). The molecule has 8 nitrogen and oxygen atoms in total. The summed E-state index contributed by atoms with van der Waals surface area (Å²) in [4.78, 5) is 18.7. The van der Waals surface area contributed by atoms with E-state index in [9.17, 15) is 4.79 Å². The molecule has 0 N–H and O–H groups in total. The maximum Gasteiger partial charge on any atom is 0.266 e. The number of aryl methyl sites for hydroxylation is 3. The Morgan fingerprint density at radius 2 is 2.00 bits per heavy atom. The van der Waals surface area contributed by atoms with Crippen LogP contribution in [-0.4, -0.2) is 42.5 Å². The first-order valence-corrected chi connectivity index (χ1v) is 8.73. The Hall–Kier alpha value is -2.74. The van der Waals surface area contributed by atoms with E-state index in [4.69, 9.17) is 4.42 Å². The first-order chi connectivity index (χ1) is 12.5. The maximum absolute atomic E-state index is 12.2. The van der Waals surface area contributed by atoms with Crippen LogP contribution in [0.1, 0.15) is 22.8 Å². The second-order valence-corrected chi connectivity index (χ2v) is 6.97. The second-order valence-electron chi connectivity index (χ2n) is 6.97. The van der Waals surface area contributed by atoms with Gasteiger partial charge in [0.25, 0.3) is 5.56 Å². The molecule has 3 aromatic rings. The van der Waals surface area contributed by atoms with Crippen LogP contribution in [0, 0.1) is 26.7 Å². The Kier molecular flexibility index (Phi) is 4.20. The lowest BCUT2D eigenvalue weighted by Crippen LogP contribution is -2.49. The molecule has 3 aromatic heterocycles. The summed E-state index contributed by atoms with van der Waals surface area (Å²) >= 11 is 0. The first-order valence-electron chi connectivity index (χ1n) is 8.73. The minimum Gasteiger partial charge on any atom is -0.448 e. The van der Waals surface area contributed by atoms with Crippen molar-refractivity contribution in [3.8, 4) is 5.82 Å². The van der Waals surface area contributed by atoms with Gasteiger partial charge in [-0.25, -0.2) is 14.3 Å². The Labute approximate surface area is 151 Å². The van der Waals surface area contributed by atoms with Gasteiger partial charge in [0.15, 0.2) is 12.2 Å². The lowest BCUT2D eigenvalue weighted by molar-refractivity contribution is 0.0751. The molecule has 0 atom stereocenters. The van der Waals surface area contributed by atoms with E-state index in [0.29, 0.717) is 18.3 Å². The molecule has 26 heavy (non-hydrogen) atoms. The molecule has 8 heteroatoms. The van der Waals surface area contributed by atoms with E-state index in [0.717, 1.165) is 42.5 Å². The van der Waals surface area contributed by atoms with Crippen molar-refractivity contribution >= 4 is 0 Å². The number of hydrogen-bond donors (Lipinski definition) is 0. The topological polar surface area (TPSA) is 82.0 Å². The number of oxazole rings is 1. The molecule has 0 spiro atoms. The lowest BCUT2D eigenvalue weighted by Gasteiger charge is -2.38. The molecule has 0 unspecified atom stereocenters. The third kappa shape index (κ3) is 3.20. The number of likely N-dealkylation sites (tertiary alicyclic amines) is 1. The highest BCUT2D eigenvalue weighted by molar-refractivity contribution is 5.23. The summed E-state index contributed by atoms with van der Waals surface area (Å²) in [5, 5.41) is 8.95. The van der Waals surface area contributed by atoms with Crippen LogP contribution in [0.15, 0.2) is 33.8 Å². The van der Waals surface area contributed by atoms with Crippen LogP contribution >= 0.6 is 0 Å². The second kappa shape index (κ2) is 6.53. The normalized spacial score (nSPS) is 15.3. The molecule has 0 aliphatic carbocycles. The number of nitrogens with zero attached hydrogens (tertiary/aromatic N) is 6. The van der Waals surface area contributed by atoms with E-state index in [1.165, 1.54) is 6.39 Å². The van der Waals surface area contributed by atoms with Gasteiger partial charge in [-0.2, -0.15) is 5.10 Å². The summed E-state index contributed by atoms with van der Waals surface area (Å²) in [6.45, 7) is 9.09. The quantitative estimate of drug-likeness (QED) is 0.690. The summed E-state index contributed by atoms with van der Waals surface area (Å²) in [5.41, 5.74) is 2.82. The van der Waals surface area contributed by atoms with Crippen molar-refractivity contribution in [1.82, 2.24) is 29.4 Å². The van der Waals surface area contributed by atoms with Gasteiger partial charge in [0.1, 0.15) is 5.76 Å². The predicted molar refractivity (Wildman–Crippen MR) is 95.1 cm³/mol. The van der Waals surface area contributed by atoms with Crippen LogP contribution in [0.5, 0.6) is 0 Å². The third-order valence-corrected chi connectivity index (χ3v) is 4.76. The van der Waals surface area contributed by atoms with Gasteiger partial charge in [0.05, 0.1) is 17.9 Å². The van der Waals surface area contributed by atoms with E-state index in [1.54, 1.807) is 21.5 Å². The fourth-order valence-corrected chi connectivity index (χ4v) is 3.40. The molecule has 0 amide bonds. The van der Waals surface area contributed by atoms with Gasteiger partial charge >= 0.3 is 0 Å². The van der Waals surface area contributed by atoms with E-state index < -0.39 is 0 Å². The highest BCUT2D eigenvalue weighted by atomic mass is 16.3. The Bertz CT molecular complexity index is 980. The van der Waals surface area contributed by atoms with Crippen LogP contribution in [0.3, 0.4) is 0 Å². The van der Waals surface area contributed by atoms with Crippen molar-refractivity contribution in [2.45, 2.75) is 33.9 Å². The van der Waals surface area contributed by atoms with Gasteiger partial charge in [-0.1, -0.05) is 0 Å². The molecule has 4 heterocycles. The van der Waals surface area contributed by atoms with Crippen molar-refractivity contribution in [3.05, 3.63) is 57.8 Å². The molecule has 1 fully saturated rings. The van der Waals surface area contributed by atoms with Crippen molar-refractivity contribution in [2.75, 3.05) is 13.1 Å². The van der Waals surface area contributed by atoms with E-state index in [-0.39, 0.29) is 5.56 Å². The van der Waals surface area contributed by atoms with Crippen molar-refractivity contribution < 1.29 is 4.42 Å². The van der Waals surface area contributed by atoms with Gasteiger partial charge in [-0.05, 0) is 32.9 Å². The van der Waals surface area contributed by atoms with Gasteiger partial charge in [0, 0.05) is 37.3 Å². The maximum atomic E-state index is 12.2. The Morgan fingerprint density at radius 1 is 1.19 bits per heavy atom. The van der Waals surface area contributed by atoms with Gasteiger partial charge in [-0.3, -0.25) is 9.69 Å². The molecule has 0 bridgehead atoms. The number of aromatic nitrogens is 5. The first kappa shape index (κ1) is 16.7. The lowest BCUT2D eigenvalue weighted by atomic mass is 10.00. The van der Waals surface area contributed by atoms with Crippen LogP contribution in [0.4, 0.5) is 0 Å². The predicted octanol–water partition coefficient (Wildman–Crippen LogP) is 1.47.